The number of nitrogens with one attached hydrogen (secondary N) is 2. The van der Waals surface area contributed by atoms with Gasteiger partial charge in [0, 0.05) is 32.9 Å². The normalized spacial score (nSPS) is 10.7. The molecule has 0 aliphatic carbocycles. The third-order valence-corrected chi connectivity index (χ3v) is 5.99. The van der Waals surface area contributed by atoms with E-state index in [2.05, 4.69) is 15.7 Å². The smallest absolute Gasteiger partial charge is 0.275 e. The van der Waals surface area contributed by atoms with Crippen molar-refractivity contribution >= 4 is 45.6 Å². The van der Waals surface area contributed by atoms with E-state index in [0.29, 0.717) is 38.4 Å². The van der Waals surface area contributed by atoms with Gasteiger partial charge in [-0.3, -0.25) is 14.4 Å². The summed E-state index contributed by atoms with van der Waals surface area (Å²) in [4.78, 5) is 38.3. The number of halogens is 1. The number of carbonyl (C=O) groups excluding carboxylic acids is 2. The third-order valence-electron chi connectivity index (χ3n) is 5.74. The number of amides is 2. The fourth-order valence-corrected chi connectivity index (χ4v) is 4.06. The van der Waals surface area contributed by atoms with E-state index >= 15 is 0 Å². The quantitative estimate of drug-likeness (QED) is 0.312. The summed E-state index contributed by atoms with van der Waals surface area (Å²) in [5.74, 6) is -0.681. The van der Waals surface area contributed by atoms with Crippen LogP contribution in [-0.4, -0.2) is 21.6 Å². The topological polar surface area (TPSA) is 93.1 Å². The maximum absolute atomic E-state index is 13.1. The first-order valence-corrected chi connectivity index (χ1v) is 11.9. The van der Waals surface area contributed by atoms with Crippen LogP contribution in [0.2, 0.25) is 5.02 Å². The highest BCUT2D eigenvalue weighted by atomic mass is 35.5. The molecule has 0 spiro atoms. The van der Waals surface area contributed by atoms with Crippen LogP contribution < -0.4 is 16.2 Å². The lowest BCUT2D eigenvalue weighted by Gasteiger charge is -2.12. The SMILES string of the molecule is O=C(Cn1nc(-c2ccc(Cl)cc2)c2ccccc2c1=O)Nc1ccc(C(=O)Nc2ccccc2)cc1. The van der Waals surface area contributed by atoms with Gasteiger partial charge in [0.05, 0.1) is 11.1 Å². The molecule has 0 saturated carbocycles. The number of nitrogens with zero attached hydrogens (tertiary/aromatic N) is 2. The number of hydrogen-bond acceptors (Lipinski definition) is 4. The molecule has 0 saturated heterocycles. The second-order valence-electron chi connectivity index (χ2n) is 8.31. The van der Waals surface area contributed by atoms with Crippen molar-refractivity contribution in [2.75, 3.05) is 10.6 Å². The Hall–Kier alpha value is -4.75. The molecule has 37 heavy (non-hydrogen) atoms. The number of aromatic nitrogens is 2. The molecule has 5 aromatic rings. The second kappa shape index (κ2) is 10.5. The van der Waals surface area contributed by atoms with E-state index in [4.69, 9.17) is 11.6 Å². The molecule has 182 valence electrons. The van der Waals surface area contributed by atoms with Gasteiger partial charge >= 0.3 is 0 Å². The van der Waals surface area contributed by atoms with Gasteiger partial charge in [-0.15, -0.1) is 0 Å². The van der Waals surface area contributed by atoms with Gasteiger partial charge in [-0.1, -0.05) is 60.1 Å². The van der Waals surface area contributed by atoms with Gasteiger partial charge in [-0.05, 0) is 54.6 Å². The summed E-state index contributed by atoms with van der Waals surface area (Å²) in [5, 5.41) is 11.8. The minimum absolute atomic E-state index is 0.259. The van der Waals surface area contributed by atoms with Gasteiger partial charge in [-0.2, -0.15) is 5.10 Å². The third kappa shape index (κ3) is 5.42. The molecule has 5 rings (SSSR count). The molecule has 1 heterocycles. The van der Waals surface area contributed by atoms with Crippen molar-refractivity contribution in [2.45, 2.75) is 6.54 Å². The number of benzene rings is 4. The molecule has 2 N–H and O–H groups in total. The van der Waals surface area contributed by atoms with Crippen LogP contribution in [0.3, 0.4) is 0 Å². The lowest BCUT2D eigenvalue weighted by molar-refractivity contribution is -0.117. The average Bonchev–Trinajstić information content (AvgIpc) is 2.92. The molecule has 0 aliphatic heterocycles. The molecular weight excluding hydrogens is 488 g/mol. The summed E-state index contributed by atoms with van der Waals surface area (Å²) >= 11 is 6.03. The Morgan fingerprint density at radius 2 is 1.35 bits per heavy atom. The van der Waals surface area contributed by atoms with E-state index in [1.165, 1.54) is 0 Å². The Balaban J connectivity index is 1.34. The maximum atomic E-state index is 13.1. The number of hydrogen-bond donors (Lipinski definition) is 2. The molecule has 7 nitrogen and oxygen atoms in total. The second-order valence-corrected chi connectivity index (χ2v) is 8.75. The van der Waals surface area contributed by atoms with Gasteiger partial charge in [0.2, 0.25) is 5.91 Å². The minimum Gasteiger partial charge on any atom is -0.324 e. The Bertz CT molecular complexity index is 1650. The lowest BCUT2D eigenvalue weighted by atomic mass is 10.1. The first-order valence-electron chi connectivity index (χ1n) is 11.5. The Morgan fingerprint density at radius 3 is 2.05 bits per heavy atom. The summed E-state index contributed by atoms with van der Waals surface area (Å²) in [5.41, 5.74) is 2.62. The average molecular weight is 509 g/mol. The van der Waals surface area contributed by atoms with E-state index in [-0.39, 0.29) is 18.0 Å². The van der Waals surface area contributed by atoms with Gasteiger partial charge < -0.3 is 10.6 Å². The van der Waals surface area contributed by atoms with E-state index in [0.717, 1.165) is 10.2 Å². The van der Waals surface area contributed by atoms with Crippen molar-refractivity contribution in [3.63, 3.8) is 0 Å². The van der Waals surface area contributed by atoms with E-state index in [1.807, 2.05) is 42.5 Å². The first-order chi connectivity index (χ1) is 18.0. The summed E-state index contributed by atoms with van der Waals surface area (Å²) in [6, 6.07) is 29.9. The molecule has 1 aromatic heterocycles. The molecule has 0 atom stereocenters. The molecule has 2 amide bonds. The summed E-state index contributed by atoms with van der Waals surface area (Å²) in [6.45, 7) is -0.277. The number of fused-ring (bicyclic) bond motifs is 1. The Labute approximate surface area is 217 Å². The zero-order valence-electron chi connectivity index (χ0n) is 19.5. The molecular formula is C29H21ClN4O3. The standard InChI is InChI=1S/C29H21ClN4O3/c30-21-14-10-19(11-15-21)27-24-8-4-5-9-25(24)29(37)34(33-27)18-26(35)31-23-16-12-20(13-17-23)28(36)32-22-6-2-1-3-7-22/h1-17H,18H2,(H,31,35)(H,32,36). The van der Waals surface area contributed by atoms with Crippen molar-refractivity contribution < 1.29 is 9.59 Å². The largest absolute Gasteiger partial charge is 0.324 e. The lowest BCUT2D eigenvalue weighted by Crippen LogP contribution is -2.30. The van der Waals surface area contributed by atoms with E-state index in [1.54, 1.807) is 60.7 Å². The monoisotopic (exact) mass is 508 g/mol. The maximum Gasteiger partial charge on any atom is 0.275 e. The van der Waals surface area contributed by atoms with E-state index in [9.17, 15) is 14.4 Å². The van der Waals surface area contributed by atoms with Crippen molar-refractivity contribution in [2.24, 2.45) is 0 Å². The highest BCUT2D eigenvalue weighted by Crippen LogP contribution is 2.26. The zero-order chi connectivity index (χ0) is 25.8. The fraction of sp³-hybridized carbons (Fsp3) is 0.0345. The van der Waals surface area contributed by atoms with Crippen LogP contribution in [0.15, 0.2) is 108 Å². The van der Waals surface area contributed by atoms with E-state index < -0.39 is 5.91 Å². The highest BCUT2D eigenvalue weighted by Gasteiger charge is 2.15. The van der Waals surface area contributed by atoms with Crippen molar-refractivity contribution in [3.05, 3.63) is 124 Å². The van der Waals surface area contributed by atoms with Crippen LogP contribution >= 0.6 is 11.6 Å². The van der Waals surface area contributed by atoms with Crippen LogP contribution in [0.5, 0.6) is 0 Å². The van der Waals surface area contributed by atoms with Gasteiger partial charge in [0.15, 0.2) is 0 Å². The zero-order valence-corrected chi connectivity index (χ0v) is 20.3. The van der Waals surface area contributed by atoms with Gasteiger partial charge in [0.1, 0.15) is 6.54 Å². The summed E-state index contributed by atoms with van der Waals surface area (Å²) in [7, 11) is 0. The Morgan fingerprint density at radius 1 is 0.730 bits per heavy atom. The fourth-order valence-electron chi connectivity index (χ4n) is 3.93. The van der Waals surface area contributed by atoms with Crippen molar-refractivity contribution in [1.82, 2.24) is 9.78 Å². The molecule has 0 fully saturated rings. The van der Waals surface area contributed by atoms with Gasteiger partial charge in [-0.25, -0.2) is 4.68 Å². The highest BCUT2D eigenvalue weighted by molar-refractivity contribution is 6.30. The number of carbonyl (C=O) groups is 2. The van der Waals surface area contributed by atoms with Crippen molar-refractivity contribution in [3.8, 4) is 11.3 Å². The summed E-state index contributed by atoms with van der Waals surface area (Å²) < 4.78 is 1.16. The molecule has 8 heteroatoms. The van der Waals surface area contributed by atoms with Crippen molar-refractivity contribution in [1.29, 1.82) is 0 Å². The van der Waals surface area contributed by atoms with Crippen LogP contribution in [0.1, 0.15) is 10.4 Å². The molecule has 0 bridgehead atoms. The molecule has 0 radical (unpaired) electrons. The van der Waals surface area contributed by atoms with Crippen LogP contribution in [0.4, 0.5) is 11.4 Å². The number of rotatable bonds is 6. The minimum atomic E-state index is -0.423. The van der Waals surface area contributed by atoms with Gasteiger partial charge in [0.25, 0.3) is 11.5 Å². The summed E-state index contributed by atoms with van der Waals surface area (Å²) in [6.07, 6.45) is 0. The molecule has 0 unspecified atom stereocenters. The predicted molar refractivity (Wildman–Crippen MR) is 146 cm³/mol. The van der Waals surface area contributed by atoms with Crippen LogP contribution in [0, 0.1) is 0 Å². The first kappa shape index (κ1) is 24.0. The van der Waals surface area contributed by atoms with Crippen LogP contribution in [-0.2, 0) is 11.3 Å². The van der Waals surface area contributed by atoms with Crippen LogP contribution in [0.25, 0.3) is 22.0 Å². The number of anilines is 2. The predicted octanol–water partition coefficient (Wildman–Crippen LogP) is 5.61. The number of para-hydroxylation sites is 1. The molecule has 0 aliphatic rings. The Kier molecular flexibility index (Phi) is 6.78. The molecule has 4 aromatic carbocycles.